The van der Waals surface area contributed by atoms with Crippen LogP contribution in [0.5, 0.6) is 11.5 Å². The second kappa shape index (κ2) is 9.35. The van der Waals surface area contributed by atoms with Crippen LogP contribution in [0.15, 0.2) is 18.2 Å². The number of alkyl carbamates (subject to hydrolysis) is 1. The summed E-state index contributed by atoms with van der Waals surface area (Å²) in [5.74, 6) is 1.49. The number of rotatable bonds is 7. The Balaban J connectivity index is 1.74. The minimum Gasteiger partial charge on any atom is -0.454 e. The number of ether oxygens (including phenoxy) is 4. The molecule has 160 valence electrons. The lowest BCUT2D eigenvalue weighted by atomic mass is 9.74. The maximum Gasteiger partial charge on any atom is 0.407 e. The summed E-state index contributed by atoms with van der Waals surface area (Å²) in [4.78, 5) is 24.5. The molecule has 0 spiro atoms. The Morgan fingerprint density at radius 1 is 1.17 bits per heavy atom. The van der Waals surface area contributed by atoms with Crippen LogP contribution in [0.4, 0.5) is 4.79 Å². The smallest absolute Gasteiger partial charge is 0.407 e. The summed E-state index contributed by atoms with van der Waals surface area (Å²) in [6, 6.07) is 5.30. The molecule has 0 aliphatic carbocycles. The van der Waals surface area contributed by atoms with Crippen molar-refractivity contribution in [2.75, 3.05) is 33.7 Å². The van der Waals surface area contributed by atoms with Crippen LogP contribution in [0.2, 0.25) is 0 Å². The van der Waals surface area contributed by atoms with E-state index in [1.54, 1.807) is 0 Å². The molecule has 1 aromatic rings. The van der Waals surface area contributed by atoms with E-state index < -0.39 is 12.1 Å². The molecule has 1 fully saturated rings. The minimum absolute atomic E-state index is 0.212. The predicted molar refractivity (Wildman–Crippen MR) is 106 cm³/mol. The molecule has 2 aliphatic rings. The van der Waals surface area contributed by atoms with E-state index in [4.69, 9.17) is 14.2 Å². The second-order valence-electron chi connectivity index (χ2n) is 8.00. The van der Waals surface area contributed by atoms with Crippen molar-refractivity contribution in [3.05, 3.63) is 23.8 Å². The highest BCUT2D eigenvalue weighted by Crippen LogP contribution is 2.40. The number of hydrogen-bond acceptors (Lipinski definition) is 6. The van der Waals surface area contributed by atoms with Gasteiger partial charge in [-0.3, -0.25) is 4.79 Å². The van der Waals surface area contributed by atoms with Gasteiger partial charge in [0.1, 0.15) is 6.04 Å². The molecule has 2 amide bonds. The van der Waals surface area contributed by atoms with Gasteiger partial charge in [0, 0.05) is 25.2 Å². The van der Waals surface area contributed by atoms with Crippen LogP contribution in [-0.2, 0) is 19.7 Å². The van der Waals surface area contributed by atoms with Gasteiger partial charge in [0.25, 0.3) is 0 Å². The fourth-order valence-electron chi connectivity index (χ4n) is 3.84. The lowest BCUT2D eigenvalue weighted by molar-refractivity contribution is -0.124. The molecule has 8 nitrogen and oxygen atoms in total. The summed E-state index contributed by atoms with van der Waals surface area (Å²) >= 11 is 0. The quantitative estimate of drug-likeness (QED) is 0.722. The molecule has 0 aromatic heterocycles. The van der Waals surface area contributed by atoms with Crippen LogP contribution >= 0.6 is 0 Å². The van der Waals surface area contributed by atoms with Crippen LogP contribution in [-0.4, -0.2) is 51.7 Å². The zero-order valence-corrected chi connectivity index (χ0v) is 17.3. The maximum absolute atomic E-state index is 12.9. The first-order chi connectivity index (χ1) is 13.9. The Hall–Kier alpha value is -2.48. The number of amides is 2. The van der Waals surface area contributed by atoms with E-state index in [1.165, 1.54) is 7.11 Å². The van der Waals surface area contributed by atoms with Crippen LogP contribution in [0, 0.1) is 5.92 Å². The monoisotopic (exact) mass is 406 g/mol. The van der Waals surface area contributed by atoms with Crippen molar-refractivity contribution in [3.63, 3.8) is 0 Å². The highest BCUT2D eigenvalue weighted by molar-refractivity contribution is 5.85. The SMILES string of the molecule is COC(=O)NC(CC(C)C)C(=O)NCC1(c2ccc3c(c2)OCO3)CCOCC1. The van der Waals surface area contributed by atoms with E-state index in [1.807, 2.05) is 32.0 Å². The molecule has 2 N–H and O–H groups in total. The molecule has 2 heterocycles. The van der Waals surface area contributed by atoms with Gasteiger partial charge in [-0.05, 0) is 42.9 Å². The van der Waals surface area contributed by atoms with Crippen LogP contribution < -0.4 is 20.1 Å². The lowest BCUT2D eigenvalue weighted by Gasteiger charge is -2.38. The van der Waals surface area contributed by atoms with Gasteiger partial charge in [0.05, 0.1) is 7.11 Å². The first-order valence-corrected chi connectivity index (χ1v) is 10.0. The van der Waals surface area contributed by atoms with Crippen molar-refractivity contribution in [1.29, 1.82) is 0 Å². The topological polar surface area (TPSA) is 95.1 Å². The van der Waals surface area contributed by atoms with Crippen LogP contribution in [0.25, 0.3) is 0 Å². The fourth-order valence-corrected chi connectivity index (χ4v) is 3.84. The van der Waals surface area contributed by atoms with E-state index in [0.29, 0.717) is 26.2 Å². The van der Waals surface area contributed by atoms with Crippen molar-refractivity contribution >= 4 is 12.0 Å². The Morgan fingerprint density at radius 2 is 1.90 bits per heavy atom. The normalized spacial score (nSPS) is 18.2. The Morgan fingerprint density at radius 3 is 2.59 bits per heavy atom. The Kier molecular flexibility index (Phi) is 6.84. The van der Waals surface area contributed by atoms with Gasteiger partial charge in [-0.15, -0.1) is 0 Å². The van der Waals surface area contributed by atoms with Crippen LogP contribution in [0.1, 0.15) is 38.7 Å². The van der Waals surface area contributed by atoms with Gasteiger partial charge < -0.3 is 29.6 Å². The molecule has 0 saturated carbocycles. The van der Waals surface area contributed by atoms with Crippen molar-refractivity contribution in [1.82, 2.24) is 10.6 Å². The highest BCUT2D eigenvalue weighted by Gasteiger charge is 2.37. The molecule has 3 rings (SSSR count). The Labute approximate surface area is 171 Å². The number of nitrogens with one attached hydrogen (secondary N) is 2. The largest absolute Gasteiger partial charge is 0.454 e. The predicted octanol–water partition coefficient (Wildman–Crippen LogP) is 2.35. The van der Waals surface area contributed by atoms with Crippen molar-refractivity contribution in [3.8, 4) is 11.5 Å². The minimum atomic E-state index is -0.643. The van der Waals surface area contributed by atoms with Crippen molar-refractivity contribution < 1.29 is 28.5 Å². The lowest BCUT2D eigenvalue weighted by Crippen LogP contribution is -2.51. The first kappa shape index (κ1) is 21.2. The van der Waals surface area contributed by atoms with Crippen molar-refractivity contribution in [2.24, 2.45) is 5.92 Å². The van der Waals surface area contributed by atoms with Crippen molar-refractivity contribution in [2.45, 2.75) is 44.6 Å². The molecule has 8 heteroatoms. The molecule has 2 aliphatic heterocycles. The summed E-state index contributed by atoms with van der Waals surface area (Å²) < 4.78 is 21.2. The van der Waals surface area contributed by atoms with Gasteiger partial charge >= 0.3 is 6.09 Å². The highest BCUT2D eigenvalue weighted by atomic mass is 16.7. The second-order valence-corrected chi connectivity index (χ2v) is 8.00. The maximum atomic E-state index is 12.9. The first-order valence-electron chi connectivity index (χ1n) is 10.0. The van der Waals surface area contributed by atoms with Crippen LogP contribution in [0.3, 0.4) is 0 Å². The number of carbonyl (C=O) groups is 2. The van der Waals surface area contributed by atoms with Gasteiger partial charge in [0.2, 0.25) is 12.7 Å². The van der Waals surface area contributed by atoms with Gasteiger partial charge in [-0.25, -0.2) is 4.79 Å². The van der Waals surface area contributed by atoms with E-state index in [0.717, 1.165) is 29.9 Å². The zero-order chi connectivity index (χ0) is 20.9. The summed E-state index contributed by atoms with van der Waals surface area (Å²) in [5.41, 5.74) is 0.828. The third kappa shape index (κ3) is 5.12. The molecule has 1 saturated heterocycles. The molecule has 1 aromatic carbocycles. The molecule has 29 heavy (non-hydrogen) atoms. The summed E-state index contributed by atoms with van der Waals surface area (Å²) in [6.07, 6.45) is 1.49. The number of benzene rings is 1. The number of hydrogen-bond donors (Lipinski definition) is 2. The molecule has 1 atom stereocenters. The summed E-state index contributed by atoms with van der Waals surface area (Å²) in [6.45, 7) is 5.94. The van der Waals surface area contributed by atoms with Gasteiger partial charge in [-0.2, -0.15) is 0 Å². The summed E-state index contributed by atoms with van der Waals surface area (Å²) in [7, 11) is 1.29. The van der Waals surface area contributed by atoms with E-state index in [2.05, 4.69) is 15.4 Å². The molecular weight excluding hydrogens is 376 g/mol. The van der Waals surface area contributed by atoms with Gasteiger partial charge in [0.15, 0.2) is 11.5 Å². The molecular formula is C21H30N2O6. The standard InChI is InChI=1S/C21H30N2O6/c1-14(2)10-16(23-20(25)26-3)19(24)22-12-21(6-8-27-9-7-21)15-4-5-17-18(11-15)29-13-28-17/h4-5,11,14,16H,6-10,12-13H2,1-3H3,(H,22,24)(H,23,25). The van der Waals surface area contributed by atoms with E-state index >= 15 is 0 Å². The average molecular weight is 406 g/mol. The number of methoxy groups -OCH3 is 1. The third-order valence-corrected chi connectivity index (χ3v) is 5.54. The molecule has 1 unspecified atom stereocenters. The number of fused-ring (bicyclic) bond motifs is 1. The zero-order valence-electron chi connectivity index (χ0n) is 17.3. The van der Waals surface area contributed by atoms with Gasteiger partial charge in [-0.1, -0.05) is 19.9 Å². The van der Waals surface area contributed by atoms with E-state index in [-0.39, 0.29) is 24.0 Å². The third-order valence-electron chi connectivity index (χ3n) is 5.54. The van der Waals surface area contributed by atoms with E-state index in [9.17, 15) is 9.59 Å². The Bertz CT molecular complexity index is 730. The summed E-state index contributed by atoms with van der Waals surface area (Å²) in [5, 5.41) is 5.69. The molecule has 0 bridgehead atoms. The fraction of sp³-hybridized carbons (Fsp3) is 0.619. The average Bonchev–Trinajstić information content (AvgIpc) is 3.19. The molecule has 0 radical (unpaired) electrons. The number of carbonyl (C=O) groups excluding carboxylic acids is 2.